The maximum atomic E-state index is 12.8. The molecule has 3 nitrogen and oxygen atoms in total. The monoisotopic (exact) mass is 327 g/mol. The van der Waals surface area contributed by atoms with Crippen LogP contribution in [0.3, 0.4) is 0 Å². The summed E-state index contributed by atoms with van der Waals surface area (Å²) in [6.45, 7) is 4.32. The number of benzene rings is 2. The van der Waals surface area contributed by atoms with Gasteiger partial charge >= 0.3 is 0 Å². The Labute approximate surface area is 141 Å². The van der Waals surface area contributed by atoms with Crippen molar-refractivity contribution in [2.24, 2.45) is 0 Å². The first-order chi connectivity index (χ1) is 11.5. The largest absolute Gasteiger partial charge is 0.356 e. The fourth-order valence-corrected chi connectivity index (χ4v) is 2.48. The summed E-state index contributed by atoms with van der Waals surface area (Å²) in [6.07, 6.45) is 1.01. The average Bonchev–Trinajstić information content (AvgIpc) is 2.56. The fraction of sp³-hybridized carbons (Fsp3) is 0.300. The predicted octanol–water partition coefficient (Wildman–Crippen LogP) is 3.76. The van der Waals surface area contributed by atoms with Crippen LogP contribution >= 0.6 is 0 Å². The Morgan fingerprint density at radius 3 is 2.42 bits per heavy atom. The van der Waals surface area contributed by atoms with Crippen LogP contribution in [-0.4, -0.2) is 18.2 Å². The fourth-order valence-electron chi connectivity index (χ4n) is 2.48. The number of hydrogen-bond donors (Lipinski definition) is 1. The SMILES string of the molecule is Cc1ccc(C)c(C(=O)CCC(=O)NCCc2ccc(F)cc2)c1. The molecule has 2 aromatic carbocycles. The van der Waals surface area contributed by atoms with E-state index in [0.29, 0.717) is 18.5 Å². The molecule has 0 spiro atoms. The average molecular weight is 327 g/mol. The molecule has 0 fully saturated rings. The standard InChI is InChI=1S/C20H22FNO2/c1-14-3-4-15(2)18(13-14)19(23)9-10-20(24)22-12-11-16-5-7-17(21)8-6-16/h3-8,13H,9-12H2,1-2H3,(H,22,24). The second kappa shape index (κ2) is 8.39. The number of Topliss-reactive ketones (excluding diaryl/α,β-unsaturated/α-hetero) is 1. The summed E-state index contributed by atoms with van der Waals surface area (Å²) in [5, 5.41) is 2.79. The molecule has 0 aliphatic heterocycles. The number of amides is 1. The van der Waals surface area contributed by atoms with Crippen molar-refractivity contribution >= 4 is 11.7 Å². The van der Waals surface area contributed by atoms with Gasteiger partial charge in [-0.15, -0.1) is 0 Å². The van der Waals surface area contributed by atoms with Crippen molar-refractivity contribution in [2.75, 3.05) is 6.54 Å². The maximum absolute atomic E-state index is 12.8. The summed E-state index contributed by atoms with van der Waals surface area (Å²) >= 11 is 0. The number of aryl methyl sites for hydroxylation is 2. The summed E-state index contributed by atoms with van der Waals surface area (Å²) in [5.41, 5.74) is 3.62. The second-order valence-corrected chi connectivity index (χ2v) is 5.97. The van der Waals surface area contributed by atoms with E-state index in [4.69, 9.17) is 0 Å². The van der Waals surface area contributed by atoms with E-state index >= 15 is 0 Å². The number of rotatable bonds is 7. The van der Waals surface area contributed by atoms with Crippen molar-refractivity contribution in [3.63, 3.8) is 0 Å². The highest BCUT2D eigenvalue weighted by molar-refractivity contribution is 5.99. The molecule has 0 bridgehead atoms. The molecule has 126 valence electrons. The first kappa shape index (κ1) is 17.9. The molecule has 0 heterocycles. The van der Waals surface area contributed by atoms with Crippen molar-refractivity contribution in [2.45, 2.75) is 33.1 Å². The van der Waals surface area contributed by atoms with E-state index in [2.05, 4.69) is 5.32 Å². The van der Waals surface area contributed by atoms with Gasteiger partial charge < -0.3 is 5.32 Å². The molecule has 2 aromatic rings. The number of carbonyl (C=O) groups is 2. The molecule has 0 atom stereocenters. The molecular weight excluding hydrogens is 305 g/mol. The molecule has 0 unspecified atom stereocenters. The molecule has 0 saturated carbocycles. The van der Waals surface area contributed by atoms with Crippen molar-refractivity contribution in [1.82, 2.24) is 5.32 Å². The summed E-state index contributed by atoms with van der Waals surface area (Å²) < 4.78 is 12.8. The third kappa shape index (κ3) is 5.30. The van der Waals surface area contributed by atoms with Gasteiger partial charge in [0, 0.05) is 24.9 Å². The van der Waals surface area contributed by atoms with Gasteiger partial charge in [0.15, 0.2) is 5.78 Å². The summed E-state index contributed by atoms with van der Waals surface area (Å²) in [5.74, 6) is -0.423. The summed E-state index contributed by atoms with van der Waals surface area (Å²) in [7, 11) is 0. The molecule has 2 rings (SSSR count). The lowest BCUT2D eigenvalue weighted by molar-refractivity contribution is -0.121. The lowest BCUT2D eigenvalue weighted by Crippen LogP contribution is -2.26. The molecular formula is C20H22FNO2. The van der Waals surface area contributed by atoms with E-state index in [1.54, 1.807) is 12.1 Å². The van der Waals surface area contributed by atoms with Gasteiger partial charge in [-0.3, -0.25) is 9.59 Å². The normalized spacial score (nSPS) is 10.5. The van der Waals surface area contributed by atoms with Crippen molar-refractivity contribution in [1.29, 1.82) is 0 Å². The Balaban J connectivity index is 1.75. The van der Waals surface area contributed by atoms with Crippen LogP contribution < -0.4 is 5.32 Å². The quantitative estimate of drug-likeness (QED) is 0.787. The lowest BCUT2D eigenvalue weighted by Gasteiger charge is -2.07. The molecule has 1 amide bonds. The van der Waals surface area contributed by atoms with Crippen LogP contribution in [0.5, 0.6) is 0 Å². The minimum atomic E-state index is -0.271. The van der Waals surface area contributed by atoms with Crippen LogP contribution in [0.15, 0.2) is 42.5 Å². The number of nitrogens with one attached hydrogen (secondary N) is 1. The highest BCUT2D eigenvalue weighted by Crippen LogP contribution is 2.13. The van der Waals surface area contributed by atoms with E-state index in [0.717, 1.165) is 16.7 Å². The molecule has 0 saturated heterocycles. The Kier molecular flexibility index (Phi) is 6.24. The van der Waals surface area contributed by atoms with Gasteiger partial charge in [0.2, 0.25) is 5.91 Å². The molecule has 0 aliphatic rings. The molecule has 0 aromatic heterocycles. The molecule has 0 radical (unpaired) electrons. The van der Waals surface area contributed by atoms with E-state index in [-0.39, 0.29) is 30.3 Å². The van der Waals surface area contributed by atoms with Crippen LogP contribution in [0.4, 0.5) is 4.39 Å². The number of halogens is 1. The van der Waals surface area contributed by atoms with E-state index in [1.807, 2.05) is 32.0 Å². The van der Waals surface area contributed by atoms with Crippen molar-refractivity contribution < 1.29 is 14.0 Å². The van der Waals surface area contributed by atoms with Crippen LogP contribution in [-0.2, 0) is 11.2 Å². The Hall–Kier alpha value is -2.49. The zero-order chi connectivity index (χ0) is 17.5. The van der Waals surface area contributed by atoms with Gasteiger partial charge in [-0.1, -0.05) is 29.8 Å². The van der Waals surface area contributed by atoms with Gasteiger partial charge in [0.1, 0.15) is 5.82 Å². The smallest absolute Gasteiger partial charge is 0.220 e. The highest BCUT2D eigenvalue weighted by Gasteiger charge is 2.11. The third-order valence-electron chi connectivity index (χ3n) is 3.92. The second-order valence-electron chi connectivity index (χ2n) is 5.97. The Morgan fingerprint density at radius 1 is 1.00 bits per heavy atom. The highest BCUT2D eigenvalue weighted by atomic mass is 19.1. The topological polar surface area (TPSA) is 46.2 Å². The number of hydrogen-bond acceptors (Lipinski definition) is 2. The minimum Gasteiger partial charge on any atom is -0.356 e. The zero-order valence-corrected chi connectivity index (χ0v) is 14.1. The Morgan fingerprint density at radius 2 is 1.71 bits per heavy atom. The van der Waals surface area contributed by atoms with Gasteiger partial charge in [-0.05, 0) is 49.6 Å². The Bertz CT molecular complexity index is 723. The van der Waals surface area contributed by atoms with Crippen LogP contribution in [0.25, 0.3) is 0 Å². The maximum Gasteiger partial charge on any atom is 0.220 e. The van der Waals surface area contributed by atoms with E-state index in [9.17, 15) is 14.0 Å². The molecule has 24 heavy (non-hydrogen) atoms. The van der Waals surface area contributed by atoms with E-state index < -0.39 is 0 Å². The zero-order valence-electron chi connectivity index (χ0n) is 14.1. The van der Waals surface area contributed by atoms with Crippen molar-refractivity contribution in [3.8, 4) is 0 Å². The minimum absolute atomic E-state index is 0.00937. The molecule has 1 N–H and O–H groups in total. The van der Waals surface area contributed by atoms with Crippen LogP contribution in [0.1, 0.15) is 39.9 Å². The van der Waals surface area contributed by atoms with Gasteiger partial charge in [0.25, 0.3) is 0 Å². The predicted molar refractivity (Wildman–Crippen MR) is 92.6 cm³/mol. The summed E-state index contributed by atoms with van der Waals surface area (Å²) in [4.78, 5) is 24.1. The summed E-state index contributed by atoms with van der Waals surface area (Å²) in [6, 6.07) is 12.0. The van der Waals surface area contributed by atoms with Crippen LogP contribution in [0.2, 0.25) is 0 Å². The molecule has 4 heteroatoms. The van der Waals surface area contributed by atoms with E-state index in [1.165, 1.54) is 12.1 Å². The van der Waals surface area contributed by atoms with Crippen LogP contribution in [0, 0.1) is 19.7 Å². The third-order valence-corrected chi connectivity index (χ3v) is 3.92. The first-order valence-corrected chi connectivity index (χ1v) is 8.07. The van der Waals surface area contributed by atoms with Gasteiger partial charge in [0.05, 0.1) is 0 Å². The lowest BCUT2D eigenvalue weighted by atomic mass is 9.99. The molecule has 0 aliphatic carbocycles. The van der Waals surface area contributed by atoms with Gasteiger partial charge in [-0.25, -0.2) is 4.39 Å². The number of carbonyl (C=O) groups excluding carboxylic acids is 2. The number of ketones is 1. The van der Waals surface area contributed by atoms with Gasteiger partial charge in [-0.2, -0.15) is 0 Å². The van der Waals surface area contributed by atoms with Crippen molar-refractivity contribution in [3.05, 3.63) is 70.5 Å². The first-order valence-electron chi connectivity index (χ1n) is 8.07.